The summed E-state index contributed by atoms with van der Waals surface area (Å²) in [6.45, 7) is 5.99. The summed E-state index contributed by atoms with van der Waals surface area (Å²) in [5.41, 5.74) is 1.17. The second-order valence-electron chi connectivity index (χ2n) is 4.17. The summed E-state index contributed by atoms with van der Waals surface area (Å²) < 4.78 is 0. The Hall–Kier alpha value is -1.38. The van der Waals surface area contributed by atoms with Gasteiger partial charge in [0, 0.05) is 5.04 Å². The van der Waals surface area contributed by atoms with Crippen molar-refractivity contribution in [1.82, 2.24) is 0 Å². The maximum atomic E-state index is 9.75. The molecule has 0 saturated heterocycles. The molecule has 1 nitrogen and oxygen atoms in total. The van der Waals surface area contributed by atoms with E-state index in [1.807, 2.05) is 24.3 Å². The normalized spacial score (nSPS) is 14.5. The van der Waals surface area contributed by atoms with Crippen LogP contribution in [0, 0.1) is 0 Å². The first-order valence-corrected chi connectivity index (χ1v) is 6.75. The lowest BCUT2D eigenvalue weighted by molar-refractivity contribution is 0.541. The molecule has 0 saturated carbocycles. The van der Waals surface area contributed by atoms with Crippen molar-refractivity contribution in [3.05, 3.63) is 60.7 Å². The van der Waals surface area contributed by atoms with Crippen molar-refractivity contribution in [1.29, 1.82) is 0 Å². The zero-order valence-corrected chi connectivity index (χ0v) is 11.0. The summed E-state index contributed by atoms with van der Waals surface area (Å²) in [5.74, 6) is 0. The summed E-state index contributed by atoms with van der Waals surface area (Å²) in [7, 11) is -0.158. The van der Waals surface area contributed by atoms with Gasteiger partial charge >= 0.3 is 0 Å². The van der Waals surface area contributed by atoms with E-state index in [4.69, 9.17) is 0 Å². The molecule has 1 atom stereocenters. The first kappa shape index (κ1) is 12.1. The summed E-state index contributed by atoms with van der Waals surface area (Å²) in [4.78, 5) is 9.75. The molecule has 2 rings (SSSR count). The monoisotopic (exact) mass is 240 g/mol. The Bertz CT molecular complexity index is 524. The third kappa shape index (κ3) is 1.94. The molecule has 2 radical (unpaired) electrons. The van der Waals surface area contributed by atoms with Crippen molar-refractivity contribution in [3.8, 4) is 0 Å². The van der Waals surface area contributed by atoms with Crippen LogP contribution in [0.15, 0.2) is 55.1 Å². The van der Waals surface area contributed by atoms with E-state index in [1.54, 1.807) is 0 Å². The molecule has 0 aliphatic rings. The molecule has 0 amide bonds. The van der Waals surface area contributed by atoms with E-state index in [2.05, 4.69) is 37.8 Å². The van der Waals surface area contributed by atoms with Crippen LogP contribution in [0.1, 0.15) is 18.9 Å². The van der Waals surface area contributed by atoms with Gasteiger partial charge < -0.3 is 4.80 Å². The number of hydrogen-bond acceptors (Lipinski definition) is 1. The fourth-order valence-electron chi connectivity index (χ4n) is 2.24. The van der Waals surface area contributed by atoms with Crippen LogP contribution < -0.4 is 0 Å². The van der Waals surface area contributed by atoms with Crippen molar-refractivity contribution in [2.24, 2.45) is 0 Å². The maximum Gasteiger partial charge on any atom is 0.240 e. The van der Waals surface area contributed by atoms with Crippen LogP contribution in [0.5, 0.6) is 0 Å². The predicted molar refractivity (Wildman–Crippen MR) is 74.1 cm³/mol. The van der Waals surface area contributed by atoms with Crippen LogP contribution in [-0.4, -0.2) is 14.6 Å². The van der Waals surface area contributed by atoms with Gasteiger partial charge in [0.05, 0.1) is 0 Å². The number of rotatable bonds is 4. The van der Waals surface area contributed by atoms with Crippen molar-refractivity contribution in [3.63, 3.8) is 0 Å². The fourth-order valence-corrected chi connectivity index (χ4v) is 2.83. The Balaban J connectivity index is 2.73. The molecule has 0 aromatic heterocycles. The SMILES string of the molecule is C=CC(CC)([Si]O)c1cccc2ccccc12. The molecule has 0 fully saturated rings. The van der Waals surface area contributed by atoms with Gasteiger partial charge in [0.2, 0.25) is 9.76 Å². The van der Waals surface area contributed by atoms with Gasteiger partial charge in [-0.1, -0.05) is 55.5 Å². The lowest BCUT2D eigenvalue weighted by Gasteiger charge is -2.27. The third-order valence-corrected chi connectivity index (χ3v) is 4.60. The summed E-state index contributed by atoms with van der Waals surface area (Å²) >= 11 is 0. The number of allylic oxidation sites excluding steroid dienone is 1. The minimum absolute atomic E-state index is 0.158. The lowest BCUT2D eigenvalue weighted by Crippen LogP contribution is -2.30. The standard InChI is InChI=1S/C15H16OSi/c1-3-15(4-2,17-16)14-11-7-9-12-8-5-6-10-13(12)14/h3,5-11,16H,1,4H2,2H3. The highest BCUT2D eigenvalue weighted by Gasteiger charge is 2.29. The van der Waals surface area contributed by atoms with Crippen molar-refractivity contribution in [2.75, 3.05) is 0 Å². The van der Waals surface area contributed by atoms with Crippen LogP contribution in [-0.2, 0) is 5.04 Å². The average molecular weight is 240 g/mol. The first-order chi connectivity index (χ1) is 8.27. The smallest absolute Gasteiger partial charge is 0.240 e. The molecule has 0 heterocycles. The fraction of sp³-hybridized carbons (Fsp3) is 0.200. The van der Waals surface area contributed by atoms with Crippen LogP contribution >= 0.6 is 0 Å². The van der Waals surface area contributed by atoms with Crippen molar-refractivity contribution < 1.29 is 4.80 Å². The zero-order chi connectivity index (χ0) is 12.3. The second kappa shape index (κ2) is 4.86. The van der Waals surface area contributed by atoms with E-state index in [0.29, 0.717) is 0 Å². The molecular formula is C15H16OSi. The molecule has 17 heavy (non-hydrogen) atoms. The van der Waals surface area contributed by atoms with Gasteiger partial charge in [-0.15, -0.1) is 6.58 Å². The molecule has 0 aliphatic heterocycles. The number of benzene rings is 2. The van der Waals surface area contributed by atoms with Gasteiger partial charge in [-0.2, -0.15) is 0 Å². The molecular weight excluding hydrogens is 224 g/mol. The van der Waals surface area contributed by atoms with Gasteiger partial charge in [-0.25, -0.2) is 0 Å². The van der Waals surface area contributed by atoms with Gasteiger partial charge in [0.1, 0.15) is 0 Å². The molecule has 1 N–H and O–H groups in total. The number of fused-ring (bicyclic) bond motifs is 1. The summed E-state index contributed by atoms with van der Waals surface area (Å²) in [5, 5.41) is 2.11. The molecule has 0 spiro atoms. The van der Waals surface area contributed by atoms with E-state index in [0.717, 1.165) is 6.42 Å². The van der Waals surface area contributed by atoms with Crippen LogP contribution in [0.2, 0.25) is 0 Å². The molecule has 86 valence electrons. The molecule has 1 unspecified atom stereocenters. The highest BCUT2D eigenvalue weighted by Crippen LogP contribution is 2.33. The van der Waals surface area contributed by atoms with E-state index >= 15 is 0 Å². The zero-order valence-electron chi connectivity index (χ0n) is 9.98. The highest BCUT2D eigenvalue weighted by atomic mass is 28.2. The third-order valence-electron chi connectivity index (χ3n) is 3.38. The summed E-state index contributed by atoms with van der Waals surface area (Å²) in [6, 6.07) is 14.5. The largest absolute Gasteiger partial charge is 0.431 e. The Kier molecular flexibility index (Phi) is 3.45. The quantitative estimate of drug-likeness (QED) is 0.642. The minimum Gasteiger partial charge on any atom is -0.431 e. The minimum atomic E-state index is -0.305. The van der Waals surface area contributed by atoms with E-state index in [1.165, 1.54) is 16.3 Å². The number of hydrogen-bond donors (Lipinski definition) is 1. The van der Waals surface area contributed by atoms with Crippen LogP contribution in [0.4, 0.5) is 0 Å². The predicted octanol–water partition coefficient (Wildman–Crippen LogP) is 3.24. The molecule has 0 bridgehead atoms. The van der Waals surface area contributed by atoms with E-state index in [9.17, 15) is 4.80 Å². The maximum absolute atomic E-state index is 9.75. The highest BCUT2D eigenvalue weighted by molar-refractivity contribution is 6.32. The molecule has 2 aromatic rings. The van der Waals surface area contributed by atoms with Gasteiger partial charge in [-0.3, -0.25) is 0 Å². The topological polar surface area (TPSA) is 20.2 Å². The Labute approximate surface area is 105 Å². The summed E-state index contributed by atoms with van der Waals surface area (Å²) in [6.07, 6.45) is 2.74. The van der Waals surface area contributed by atoms with Gasteiger partial charge in [0.15, 0.2) is 0 Å². The van der Waals surface area contributed by atoms with Gasteiger partial charge in [-0.05, 0) is 22.8 Å². The van der Waals surface area contributed by atoms with E-state index < -0.39 is 0 Å². The van der Waals surface area contributed by atoms with Gasteiger partial charge in [0.25, 0.3) is 0 Å². The molecule has 2 aromatic carbocycles. The van der Waals surface area contributed by atoms with Crippen molar-refractivity contribution in [2.45, 2.75) is 18.4 Å². The molecule has 2 heteroatoms. The van der Waals surface area contributed by atoms with Crippen LogP contribution in [0.25, 0.3) is 10.8 Å². The lowest BCUT2D eigenvalue weighted by atomic mass is 9.90. The Morgan fingerprint density at radius 3 is 2.59 bits per heavy atom. The average Bonchev–Trinajstić information content (AvgIpc) is 2.41. The van der Waals surface area contributed by atoms with Crippen LogP contribution in [0.3, 0.4) is 0 Å². The van der Waals surface area contributed by atoms with Crippen molar-refractivity contribution >= 4 is 20.5 Å². The van der Waals surface area contributed by atoms with E-state index in [-0.39, 0.29) is 14.8 Å². The first-order valence-electron chi connectivity index (χ1n) is 5.80. The Morgan fingerprint density at radius 2 is 1.94 bits per heavy atom. The molecule has 0 aliphatic carbocycles. The second-order valence-corrected chi connectivity index (χ2v) is 5.28. The Morgan fingerprint density at radius 1 is 1.24 bits per heavy atom.